The van der Waals surface area contributed by atoms with Crippen molar-refractivity contribution in [2.75, 3.05) is 29.5 Å². The van der Waals surface area contributed by atoms with Gasteiger partial charge in [0.25, 0.3) is 5.78 Å². The summed E-state index contributed by atoms with van der Waals surface area (Å²) in [5.74, 6) is -0.817. The molecule has 0 aliphatic carbocycles. The molecule has 0 saturated carbocycles. The highest BCUT2D eigenvalue weighted by Gasteiger charge is 2.48. The fourth-order valence-corrected chi connectivity index (χ4v) is 5.15. The van der Waals surface area contributed by atoms with Gasteiger partial charge in [0.05, 0.1) is 29.3 Å². The van der Waals surface area contributed by atoms with Gasteiger partial charge in [0, 0.05) is 24.3 Å². The number of aryl methyl sites for hydroxylation is 1. The molecule has 1 saturated heterocycles. The van der Waals surface area contributed by atoms with Crippen LogP contribution >= 0.6 is 0 Å². The lowest BCUT2D eigenvalue weighted by atomic mass is 9.94. The maximum Gasteiger partial charge on any atom is 0.302 e. The molecule has 1 unspecified atom stereocenters. The van der Waals surface area contributed by atoms with Gasteiger partial charge in [-0.1, -0.05) is 24.3 Å². The second-order valence-corrected chi connectivity index (χ2v) is 9.42. The summed E-state index contributed by atoms with van der Waals surface area (Å²) in [6.07, 6.45) is 0. The third-order valence-corrected chi connectivity index (χ3v) is 7.14. The number of aliphatic hydroxyl groups is 1. The summed E-state index contributed by atoms with van der Waals surface area (Å²) in [5.41, 5.74) is 4.40. The number of para-hydroxylation sites is 2. The van der Waals surface area contributed by atoms with Gasteiger partial charge in [0.1, 0.15) is 11.5 Å². The number of amides is 1. The fraction of sp³-hybridized carbons (Fsp3) is 0.258. The third-order valence-electron chi connectivity index (χ3n) is 7.14. The van der Waals surface area contributed by atoms with Crippen molar-refractivity contribution < 1.29 is 19.4 Å². The smallest absolute Gasteiger partial charge is 0.302 e. The van der Waals surface area contributed by atoms with Crippen molar-refractivity contribution in [1.29, 1.82) is 0 Å². The summed E-state index contributed by atoms with van der Waals surface area (Å²) in [5, 5.41) is 11.5. The average molecular weight is 525 g/mol. The van der Waals surface area contributed by atoms with Crippen LogP contribution in [0.1, 0.15) is 43.5 Å². The van der Waals surface area contributed by atoms with E-state index in [-0.39, 0.29) is 17.3 Å². The Labute approximate surface area is 227 Å². The quantitative estimate of drug-likeness (QED) is 0.173. The number of hydrogen-bond acceptors (Lipinski definition) is 6. The lowest BCUT2D eigenvalue weighted by molar-refractivity contribution is -0.132. The molecule has 39 heavy (non-hydrogen) atoms. The predicted octanol–water partition coefficient (Wildman–Crippen LogP) is 5.74. The normalized spacial score (nSPS) is 16.7. The second kappa shape index (κ2) is 10.6. The number of carbonyl (C=O) groups excluding carboxylic acids is 2. The standard InChI is InChI=1S/C31H32N4O4/c1-5-34(6-2)22-15-12-20(13-16-22)27-26(28(36)21-14-17-25(39-7-3)19(4)18-21)29(37)30(38)35(27)31-32-23-10-8-9-11-24(23)33-31/h8-18,27,36H,5-7H2,1-4H3,(H,32,33)/b28-26+. The van der Waals surface area contributed by atoms with Crippen molar-refractivity contribution >= 4 is 40.1 Å². The summed E-state index contributed by atoms with van der Waals surface area (Å²) in [4.78, 5) is 38.4. The number of fused-ring (bicyclic) bond motifs is 1. The molecule has 2 heterocycles. The minimum atomic E-state index is -0.872. The van der Waals surface area contributed by atoms with Crippen LogP contribution in [0.3, 0.4) is 0 Å². The first-order valence-electron chi connectivity index (χ1n) is 13.2. The molecule has 2 N–H and O–H groups in total. The number of benzene rings is 3. The van der Waals surface area contributed by atoms with Gasteiger partial charge in [-0.05, 0) is 81.3 Å². The Morgan fingerprint density at radius 1 is 1.03 bits per heavy atom. The van der Waals surface area contributed by atoms with Crippen molar-refractivity contribution in [3.63, 3.8) is 0 Å². The SMILES string of the molecule is CCOc1ccc(/C(O)=C2\C(=O)C(=O)N(c3nc4ccccc4[nH]3)C2c2ccc(N(CC)CC)cc2)cc1C. The maximum absolute atomic E-state index is 13.5. The number of carbonyl (C=O) groups is 2. The molecule has 5 rings (SSSR count). The van der Waals surface area contributed by atoms with E-state index in [0.29, 0.717) is 29.0 Å². The monoisotopic (exact) mass is 524 g/mol. The highest BCUT2D eigenvalue weighted by atomic mass is 16.5. The van der Waals surface area contributed by atoms with E-state index >= 15 is 0 Å². The molecule has 1 fully saturated rings. The van der Waals surface area contributed by atoms with Crippen molar-refractivity contribution in [3.05, 3.63) is 89.0 Å². The molecule has 200 valence electrons. The van der Waals surface area contributed by atoms with E-state index in [0.717, 1.165) is 29.9 Å². The Morgan fingerprint density at radius 3 is 2.38 bits per heavy atom. The van der Waals surface area contributed by atoms with Crippen LogP contribution in [0.5, 0.6) is 5.75 Å². The molecule has 1 aromatic heterocycles. The van der Waals surface area contributed by atoms with Gasteiger partial charge < -0.3 is 19.7 Å². The van der Waals surface area contributed by atoms with Crippen molar-refractivity contribution in [1.82, 2.24) is 9.97 Å². The number of nitrogens with one attached hydrogen (secondary N) is 1. The molecule has 0 spiro atoms. The van der Waals surface area contributed by atoms with Crippen LogP contribution < -0.4 is 14.5 Å². The van der Waals surface area contributed by atoms with Crippen LogP contribution in [-0.4, -0.2) is 46.5 Å². The Balaban J connectivity index is 1.67. The first-order valence-corrected chi connectivity index (χ1v) is 13.2. The van der Waals surface area contributed by atoms with Crippen LogP contribution in [-0.2, 0) is 9.59 Å². The van der Waals surface area contributed by atoms with Gasteiger partial charge in [0.2, 0.25) is 5.95 Å². The van der Waals surface area contributed by atoms with Crippen LogP contribution in [0, 0.1) is 6.92 Å². The van der Waals surface area contributed by atoms with Crippen LogP contribution in [0.2, 0.25) is 0 Å². The number of ketones is 1. The van der Waals surface area contributed by atoms with Gasteiger partial charge in [-0.3, -0.25) is 14.5 Å². The molecule has 1 atom stereocenters. The molecule has 8 heteroatoms. The number of H-pyrrole nitrogens is 1. The molecule has 3 aromatic carbocycles. The minimum Gasteiger partial charge on any atom is -0.507 e. The zero-order valence-corrected chi connectivity index (χ0v) is 22.6. The number of hydrogen-bond donors (Lipinski definition) is 2. The van der Waals surface area contributed by atoms with Gasteiger partial charge in [0.15, 0.2) is 0 Å². The predicted molar refractivity (Wildman–Crippen MR) is 153 cm³/mol. The Hall–Kier alpha value is -4.59. The van der Waals surface area contributed by atoms with E-state index in [2.05, 4.69) is 28.7 Å². The molecule has 8 nitrogen and oxygen atoms in total. The zero-order chi connectivity index (χ0) is 27.7. The van der Waals surface area contributed by atoms with Gasteiger partial charge in [-0.2, -0.15) is 0 Å². The van der Waals surface area contributed by atoms with Crippen LogP contribution in [0.25, 0.3) is 16.8 Å². The second-order valence-electron chi connectivity index (χ2n) is 9.42. The number of ether oxygens (including phenoxy) is 1. The van der Waals surface area contributed by atoms with E-state index in [1.54, 1.807) is 18.2 Å². The molecule has 1 amide bonds. The third kappa shape index (κ3) is 4.63. The number of nitrogens with zero attached hydrogens (tertiary/aromatic N) is 3. The van der Waals surface area contributed by atoms with E-state index in [4.69, 9.17) is 4.74 Å². The molecule has 1 aliphatic rings. The number of anilines is 2. The largest absolute Gasteiger partial charge is 0.507 e. The topological polar surface area (TPSA) is 98.8 Å². The molecule has 1 aliphatic heterocycles. The Morgan fingerprint density at radius 2 is 1.74 bits per heavy atom. The van der Waals surface area contributed by atoms with E-state index in [1.807, 2.05) is 62.4 Å². The van der Waals surface area contributed by atoms with E-state index in [1.165, 1.54) is 4.90 Å². The Bertz CT molecular complexity index is 1530. The van der Waals surface area contributed by atoms with E-state index < -0.39 is 17.7 Å². The van der Waals surface area contributed by atoms with Gasteiger partial charge in [-0.15, -0.1) is 0 Å². The fourth-order valence-electron chi connectivity index (χ4n) is 5.15. The number of rotatable bonds is 8. The maximum atomic E-state index is 13.5. The van der Waals surface area contributed by atoms with Crippen LogP contribution in [0.4, 0.5) is 11.6 Å². The number of aliphatic hydroxyl groups excluding tert-OH is 1. The summed E-state index contributed by atoms with van der Waals surface area (Å²) in [7, 11) is 0. The van der Waals surface area contributed by atoms with E-state index in [9.17, 15) is 14.7 Å². The van der Waals surface area contributed by atoms with Crippen molar-refractivity contribution in [3.8, 4) is 5.75 Å². The Kier molecular flexibility index (Phi) is 7.11. The highest BCUT2D eigenvalue weighted by Crippen LogP contribution is 2.42. The first kappa shape index (κ1) is 26.0. The molecule has 0 bridgehead atoms. The average Bonchev–Trinajstić information content (AvgIpc) is 3.49. The van der Waals surface area contributed by atoms with Crippen molar-refractivity contribution in [2.24, 2.45) is 0 Å². The summed E-state index contributed by atoms with van der Waals surface area (Å²) >= 11 is 0. The van der Waals surface area contributed by atoms with Crippen molar-refractivity contribution in [2.45, 2.75) is 33.7 Å². The number of aromatic amines is 1. The molecular formula is C31H32N4O4. The molecule has 0 radical (unpaired) electrons. The van der Waals surface area contributed by atoms with Crippen LogP contribution in [0.15, 0.2) is 72.3 Å². The lowest BCUT2D eigenvalue weighted by Crippen LogP contribution is -2.30. The molecular weight excluding hydrogens is 492 g/mol. The first-order chi connectivity index (χ1) is 18.9. The highest BCUT2D eigenvalue weighted by molar-refractivity contribution is 6.51. The van der Waals surface area contributed by atoms with Gasteiger partial charge >= 0.3 is 5.91 Å². The number of Topliss-reactive ketones (excluding diaryl/α,β-unsaturated/α-hetero) is 1. The minimum absolute atomic E-state index is 0.0135. The summed E-state index contributed by atoms with van der Waals surface area (Å²) < 4.78 is 5.63. The zero-order valence-electron chi connectivity index (χ0n) is 22.6. The number of imidazole rings is 1. The number of aromatic nitrogens is 2. The summed E-state index contributed by atoms with van der Waals surface area (Å²) in [6.45, 7) is 10.2. The lowest BCUT2D eigenvalue weighted by Gasteiger charge is -2.25. The summed E-state index contributed by atoms with van der Waals surface area (Å²) in [6, 6.07) is 19.5. The van der Waals surface area contributed by atoms with Gasteiger partial charge in [-0.25, -0.2) is 4.98 Å². The molecule has 4 aromatic rings.